The van der Waals surface area contributed by atoms with Crippen molar-refractivity contribution in [2.45, 2.75) is 65.0 Å². The molecule has 4 unspecified atom stereocenters. The first-order chi connectivity index (χ1) is 8.02. The Hall–Kier alpha value is -0.0800. The quantitative estimate of drug-likeness (QED) is 0.797. The van der Waals surface area contributed by atoms with Gasteiger partial charge in [0.05, 0.1) is 6.61 Å². The maximum absolute atomic E-state index is 5.61. The van der Waals surface area contributed by atoms with Gasteiger partial charge in [-0.15, -0.1) is 0 Å². The van der Waals surface area contributed by atoms with Crippen molar-refractivity contribution < 1.29 is 4.74 Å². The molecule has 4 atom stereocenters. The monoisotopic (exact) mass is 237 g/mol. The number of hydrogen-bond donors (Lipinski definition) is 1. The zero-order valence-electron chi connectivity index (χ0n) is 11.6. The Kier molecular flexibility index (Phi) is 2.79. The van der Waals surface area contributed by atoms with E-state index in [-0.39, 0.29) is 0 Å². The maximum Gasteiger partial charge on any atom is 0.0619 e. The number of nitrogens with one attached hydrogen (secondary N) is 1. The van der Waals surface area contributed by atoms with Gasteiger partial charge in [-0.25, -0.2) is 0 Å². The van der Waals surface area contributed by atoms with Crippen molar-refractivity contribution in [3.63, 3.8) is 0 Å². The fourth-order valence-corrected chi connectivity index (χ4v) is 4.83. The van der Waals surface area contributed by atoms with Gasteiger partial charge in [0.15, 0.2) is 0 Å². The van der Waals surface area contributed by atoms with Gasteiger partial charge < -0.3 is 10.1 Å². The van der Waals surface area contributed by atoms with Crippen LogP contribution < -0.4 is 5.32 Å². The van der Waals surface area contributed by atoms with Crippen LogP contribution in [-0.2, 0) is 4.74 Å². The van der Waals surface area contributed by atoms with E-state index < -0.39 is 0 Å². The summed E-state index contributed by atoms with van der Waals surface area (Å²) in [7, 11) is 0. The Morgan fingerprint density at radius 1 is 1.18 bits per heavy atom. The Morgan fingerprint density at radius 3 is 2.59 bits per heavy atom. The summed E-state index contributed by atoms with van der Waals surface area (Å²) in [5.41, 5.74) is 1.02. The zero-order chi connectivity index (χ0) is 12.1. The molecule has 2 nitrogen and oxygen atoms in total. The molecule has 3 fully saturated rings. The second-order valence-corrected chi connectivity index (χ2v) is 7.43. The lowest BCUT2D eigenvalue weighted by atomic mass is 9.68. The summed E-state index contributed by atoms with van der Waals surface area (Å²) in [6, 6.07) is 1.30. The van der Waals surface area contributed by atoms with Crippen molar-refractivity contribution >= 4 is 0 Å². The Morgan fingerprint density at radius 2 is 2.00 bits per heavy atom. The Bertz CT molecular complexity index is 291. The van der Waals surface area contributed by atoms with E-state index in [1.165, 1.54) is 32.1 Å². The van der Waals surface area contributed by atoms with Crippen LogP contribution in [0.5, 0.6) is 0 Å². The molecular formula is C15H27NO. The molecule has 1 heterocycles. The standard InChI is InChI=1S/C15H27NO/c1-14(2)11-6-7-15(3,9-11)13(14)16-12-5-4-8-17-10-12/h11-13,16H,4-10H2,1-3H3. The highest BCUT2D eigenvalue weighted by molar-refractivity contribution is 5.12. The minimum atomic E-state index is 0.477. The molecule has 2 saturated carbocycles. The third-order valence-electron chi connectivity index (χ3n) is 5.83. The molecule has 17 heavy (non-hydrogen) atoms. The average Bonchev–Trinajstić information content (AvgIpc) is 2.77. The molecule has 1 saturated heterocycles. The molecule has 1 aliphatic heterocycles. The van der Waals surface area contributed by atoms with Gasteiger partial charge in [0, 0.05) is 18.7 Å². The van der Waals surface area contributed by atoms with E-state index in [4.69, 9.17) is 4.74 Å². The molecular weight excluding hydrogens is 210 g/mol. The van der Waals surface area contributed by atoms with Gasteiger partial charge in [0.1, 0.15) is 0 Å². The number of fused-ring (bicyclic) bond motifs is 2. The molecule has 0 radical (unpaired) electrons. The normalized spacial score (nSPS) is 48.5. The van der Waals surface area contributed by atoms with Gasteiger partial charge in [-0.3, -0.25) is 0 Å². The first kappa shape index (κ1) is 12.0. The van der Waals surface area contributed by atoms with E-state index in [1.807, 2.05) is 0 Å². The highest BCUT2D eigenvalue weighted by Crippen LogP contribution is 2.62. The molecule has 2 heteroatoms. The highest BCUT2D eigenvalue weighted by Gasteiger charge is 2.59. The Labute approximate surface area is 105 Å². The minimum absolute atomic E-state index is 0.477. The van der Waals surface area contributed by atoms with Crippen LogP contribution in [0.3, 0.4) is 0 Å². The smallest absolute Gasteiger partial charge is 0.0619 e. The largest absolute Gasteiger partial charge is 0.380 e. The third-order valence-corrected chi connectivity index (χ3v) is 5.83. The van der Waals surface area contributed by atoms with E-state index in [9.17, 15) is 0 Å². The summed E-state index contributed by atoms with van der Waals surface area (Å²) >= 11 is 0. The van der Waals surface area contributed by atoms with Gasteiger partial charge >= 0.3 is 0 Å². The number of rotatable bonds is 2. The maximum atomic E-state index is 5.61. The zero-order valence-corrected chi connectivity index (χ0v) is 11.6. The van der Waals surface area contributed by atoms with Crippen LogP contribution in [-0.4, -0.2) is 25.3 Å². The van der Waals surface area contributed by atoms with Crippen LogP contribution in [0.25, 0.3) is 0 Å². The lowest BCUT2D eigenvalue weighted by Gasteiger charge is -2.45. The van der Waals surface area contributed by atoms with Crippen LogP contribution >= 0.6 is 0 Å². The first-order valence-electron chi connectivity index (χ1n) is 7.36. The molecule has 1 N–H and O–H groups in total. The van der Waals surface area contributed by atoms with E-state index >= 15 is 0 Å². The fourth-order valence-electron chi connectivity index (χ4n) is 4.83. The number of hydrogen-bond acceptors (Lipinski definition) is 2. The molecule has 0 amide bonds. The van der Waals surface area contributed by atoms with E-state index in [0.29, 0.717) is 22.9 Å². The van der Waals surface area contributed by atoms with Crippen molar-refractivity contribution in [3.8, 4) is 0 Å². The van der Waals surface area contributed by atoms with Gasteiger partial charge in [-0.05, 0) is 48.9 Å². The predicted octanol–water partition coefficient (Wildman–Crippen LogP) is 2.97. The van der Waals surface area contributed by atoms with Gasteiger partial charge in [0.25, 0.3) is 0 Å². The summed E-state index contributed by atoms with van der Waals surface area (Å²) in [5, 5.41) is 3.96. The number of ether oxygens (including phenoxy) is 1. The van der Waals surface area contributed by atoms with Gasteiger partial charge in [-0.1, -0.05) is 20.8 Å². The Balaban J connectivity index is 1.73. The van der Waals surface area contributed by atoms with E-state index in [1.54, 1.807) is 0 Å². The molecule has 0 aromatic carbocycles. The van der Waals surface area contributed by atoms with Crippen LogP contribution in [0.1, 0.15) is 52.9 Å². The minimum Gasteiger partial charge on any atom is -0.380 e. The molecule has 98 valence electrons. The summed E-state index contributed by atoms with van der Waals surface area (Å²) in [5.74, 6) is 0.939. The summed E-state index contributed by atoms with van der Waals surface area (Å²) < 4.78 is 5.61. The fraction of sp³-hybridized carbons (Fsp3) is 1.00. The summed E-state index contributed by atoms with van der Waals surface area (Å²) in [6.45, 7) is 9.34. The second-order valence-electron chi connectivity index (χ2n) is 7.43. The van der Waals surface area contributed by atoms with Crippen LogP contribution in [0.15, 0.2) is 0 Å². The van der Waals surface area contributed by atoms with Crippen molar-refractivity contribution in [1.82, 2.24) is 5.32 Å². The predicted molar refractivity (Wildman–Crippen MR) is 70.0 cm³/mol. The SMILES string of the molecule is CC12CCC(C1)C(C)(C)C2NC1CCCOC1. The highest BCUT2D eigenvalue weighted by atomic mass is 16.5. The summed E-state index contributed by atoms with van der Waals surface area (Å²) in [6.07, 6.45) is 6.83. The van der Waals surface area contributed by atoms with Crippen molar-refractivity contribution in [1.29, 1.82) is 0 Å². The molecule has 0 aromatic heterocycles. The average molecular weight is 237 g/mol. The van der Waals surface area contributed by atoms with Crippen LogP contribution in [0.2, 0.25) is 0 Å². The molecule has 2 aliphatic carbocycles. The third kappa shape index (κ3) is 1.84. The first-order valence-corrected chi connectivity index (χ1v) is 7.36. The molecule has 3 aliphatic rings. The molecule has 0 spiro atoms. The topological polar surface area (TPSA) is 21.3 Å². The van der Waals surface area contributed by atoms with Crippen molar-refractivity contribution in [2.24, 2.45) is 16.7 Å². The summed E-state index contributed by atoms with van der Waals surface area (Å²) in [4.78, 5) is 0. The van der Waals surface area contributed by atoms with Crippen LogP contribution in [0.4, 0.5) is 0 Å². The lowest BCUT2D eigenvalue weighted by molar-refractivity contribution is 0.0358. The second kappa shape index (κ2) is 3.96. The van der Waals surface area contributed by atoms with E-state index in [0.717, 1.165) is 19.1 Å². The van der Waals surface area contributed by atoms with Crippen molar-refractivity contribution in [2.75, 3.05) is 13.2 Å². The van der Waals surface area contributed by atoms with Crippen molar-refractivity contribution in [3.05, 3.63) is 0 Å². The van der Waals surface area contributed by atoms with Gasteiger partial charge in [0.2, 0.25) is 0 Å². The van der Waals surface area contributed by atoms with E-state index in [2.05, 4.69) is 26.1 Å². The molecule has 3 rings (SSSR count). The van der Waals surface area contributed by atoms with Gasteiger partial charge in [-0.2, -0.15) is 0 Å². The molecule has 0 aromatic rings. The lowest BCUT2D eigenvalue weighted by Crippen LogP contribution is -2.55. The van der Waals surface area contributed by atoms with Crippen LogP contribution in [0, 0.1) is 16.7 Å². The molecule has 2 bridgehead atoms.